The van der Waals surface area contributed by atoms with Gasteiger partial charge in [-0.05, 0) is 29.8 Å². The molecule has 0 amide bonds. The average molecular weight is 308 g/mol. The molecule has 7 heteroatoms. The first kappa shape index (κ1) is 14.7. The third kappa shape index (κ3) is 3.53. The summed E-state index contributed by atoms with van der Waals surface area (Å²) < 4.78 is 0. The van der Waals surface area contributed by atoms with Crippen molar-refractivity contribution >= 4 is 17.6 Å². The fourth-order valence-corrected chi connectivity index (χ4v) is 2.04. The largest absolute Gasteiger partial charge is 0.508 e. The number of hydrogen-bond acceptors (Lipinski definition) is 7. The molecule has 0 saturated carbocycles. The van der Waals surface area contributed by atoms with Crippen molar-refractivity contribution in [2.75, 3.05) is 11.1 Å². The van der Waals surface area contributed by atoms with E-state index in [1.54, 1.807) is 24.3 Å². The fraction of sp³-hybridized carbons (Fsp3) is 0.0625. The highest BCUT2D eigenvalue weighted by Crippen LogP contribution is 2.21. The van der Waals surface area contributed by atoms with Crippen LogP contribution in [0, 0.1) is 0 Å². The first-order valence-electron chi connectivity index (χ1n) is 7.01. The van der Waals surface area contributed by atoms with Crippen LogP contribution in [0.5, 0.6) is 5.75 Å². The number of benzene rings is 2. The summed E-state index contributed by atoms with van der Waals surface area (Å²) in [5.74, 6) is 1.12. The van der Waals surface area contributed by atoms with Gasteiger partial charge in [-0.15, -0.1) is 0 Å². The van der Waals surface area contributed by atoms with Crippen molar-refractivity contribution in [1.82, 2.24) is 15.0 Å². The minimum Gasteiger partial charge on any atom is -0.508 e. The highest BCUT2D eigenvalue weighted by atomic mass is 16.3. The van der Waals surface area contributed by atoms with Gasteiger partial charge < -0.3 is 21.9 Å². The summed E-state index contributed by atoms with van der Waals surface area (Å²) in [6.45, 7) is 0.479. The maximum atomic E-state index is 9.30. The Balaban J connectivity index is 1.90. The molecule has 0 aliphatic carbocycles. The number of nitrogens with zero attached hydrogens (tertiary/aromatic N) is 3. The second kappa shape index (κ2) is 6.29. The molecule has 1 aromatic heterocycles. The Morgan fingerprint density at radius 1 is 0.913 bits per heavy atom. The molecule has 1 heterocycles. The van der Waals surface area contributed by atoms with E-state index in [0.717, 1.165) is 16.8 Å². The lowest BCUT2D eigenvalue weighted by molar-refractivity contribution is 0.475. The van der Waals surface area contributed by atoms with Crippen LogP contribution in [0.15, 0.2) is 48.5 Å². The first-order valence-corrected chi connectivity index (χ1v) is 7.01. The van der Waals surface area contributed by atoms with E-state index in [4.69, 9.17) is 11.5 Å². The van der Waals surface area contributed by atoms with Crippen molar-refractivity contribution in [3.8, 4) is 17.1 Å². The molecule has 0 radical (unpaired) electrons. The first-order chi connectivity index (χ1) is 11.1. The number of aromatic hydroxyl groups is 1. The van der Waals surface area contributed by atoms with E-state index in [0.29, 0.717) is 18.3 Å². The Kier molecular flexibility index (Phi) is 4.03. The van der Waals surface area contributed by atoms with E-state index < -0.39 is 0 Å². The van der Waals surface area contributed by atoms with Gasteiger partial charge in [-0.2, -0.15) is 15.0 Å². The molecular weight excluding hydrogens is 292 g/mol. The lowest BCUT2D eigenvalue weighted by atomic mass is 10.1. The summed E-state index contributed by atoms with van der Waals surface area (Å²) >= 11 is 0. The predicted molar refractivity (Wildman–Crippen MR) is 89.0 cm³/mol. The normalized spacial score (nSPS) is 10.5. The number of nitrogen functional groups attached to an aromatic ring is 1. The van der Waals surface area contributed by atoms with E-state index in [1.165, 1.54) is 0 Å². The van der Waals surface area contributed by atoms with Gasteiger partial charge in [-0.1, -0.05) is 24.3 Å². The lowest BCUT2D eigenvalue weighted by Crippen LogP contribution is -2.05. The Bertz CT molecular complexity index is 802. The van der Waals surface area contributed by atoms with Crippen LogP contribution in [0.1, 0.15) is 5.56 Å². The molecule has 3 rings (SSSR count). The van der Waals surface area contributed by atoms with Crippen molar-refractivity contribution in [2.45, 2.75) is 6.54 Å². The smallest absolute Gasteiger partial charge is 0.232 e. The maximum Gasteiger partial charge on any atom is 0.232 e. The van der Waals surface area contributed by atoms with Crippen LogP contribution < -0.4 is 16.8 Å². The molecule has 0 fully saturated rings. The van der Waals surface area contributed by atoms with Crippen LogP contribution in [0.25, 0.3) is 11.4 Å². The zero-order valence-electron chi connectivity index (χ0n) is 12.3. The Morgan fingerprint density at radius 3 is 2.26 bits per heavy atom. The van der Waals surface area contributed by atoms with Crippen LogP contribution in [0.2, 0.25) is 0 Å². The molecule has 0 aliphatic rings. The van der Waals surface area contributed by atoms with Crippen molar-refractivity contribution in [3.63, 3.8) is 0 Å². The van der Waals surface area contributed by atoms with E-state index in [2.05, 4.69) is 20.3 Å². The van der Waals surface area contributed by atoms with Gasteiger partial charge in [-0.25, -0.2) is 0 Å². The number of nitrogens with two attached hydrogens (primary N) is 2. The van der Waals surface area contributed by atoms with Crippen molar-refractivity contribution in [1.29, 1.82) is 0 Å². The third-order valence-corrected chi connectivity index (χ3v) is 3.22. The maximum absolute atomic E-state index is 9.30. The molecule has 23 heavy (non-hydrogen) atoms. The molecule has 3 aromatic rings. The Labute approximate surface area is 133 Å². The van der Waals surface area contributed by atoms with Gasteiger partial charge >= 0.3 is 0 Å². The number of hydrogen-bond donors (Lipinski definition) is 4. The highest BCUT2D eigenvalue weighted by Gasteiger charge is 2.07. The number of phenolic OH excluding ortho intramolecular Hbond substituents is 1. The van der Waals surface area contributed by atoms with Crippen LogP contribution >= 0.6 is 0 Å². The number of aromatic nitrogens is 3. The second-order valence-corrected chi connectivity index (χ2v) is 4.91. The van der Waals surface area contributed by atoms with Gasteiger partial charge in [0.1, 0.15) is 5.75 Å². The highest BCUT2D eigenvalue weighted by molar-refractivity contribution is 5.61. The monoisotopic (exact) mass is 308 g/mol. The quantitative estimate of drug-likeness (QED) is 0.544. The summed E-state index contributed by atoms with van der Waals surface area (Å²) in [6, 6.07) is 14.2. The topological polar surface area (TPSA) is 123 Å². The van der Waals surface area contributed by atoms with Gasteiger partial charge in [0.05, 0.1) is 0 Å². The molecule has 2 aromatic carbocycles. The summed E-state index contributed by atoms with van der Waals surface area (Å²) in [5, 5.41) is 12.3. The summed E-state index contributed by atoms with van der Waals surface area (Å²) in [4.78, 5) is 12.6. The number of rotatable bonds is 4. The van der Waals surface area contributed by atoms with Crippen LogP contribution in [-0.4, -0.2) is 20.1 Å². The zero-order valence-corrected chi connectivity index (χ0v) is 12.3. The van der Waals surface area contributed by atoms with E-state index in [1.807, 2.05) is 24.3 Å². The van der Waals surface area contributed by atoms with Gasteiger partial charge in [0, 0.05) is 17.8 Å². The second-order valence-electron chi connectivity index (χ2n) is 4.91. The van der Waals surface area contributed by atoms with E-state index in [9.17, 15) is 5.11 Å². The number of nitrogens with one attached hydrogen (secondary N) is 1. The number of anilines is 3. The molecule has 116 valence electrons. The van der Waals surface area contributed by atoms with Crippen LogP contribution in [-0.2, 0) is 6.54 Å². The lowest BCUT2D eigenvalue weighted by Gasteiger charge is -2.08. The summed E-state index contributed by atoms with van der Waals surface area (Å²) in [5.41, 5.74) is 13.9. The molecule has 0 spiro atoms. The molecule has 0 aliphatic heterocycles. The minimum absolute atomic E-state index is 0.124. The molecule has 6 N–H and O–H groups in total. The van der Waals surface area contributed by atoms with Gasteiger partial charge in [0.25, 0.3) is 0 Å². The van der Waals surface area contributed by atoms with Crippen molar-refractivity contribution in [2.24, 2.45) is 5.73 Å². The van der Waals surface area contributed by atoms with Gasteiger partial charge in [0.15, 0.2) is 5.82 Å². The standard InChI is InChI=1S/C16H16N6O/c17-9-10-1-3-11(4-2-10)14-20-15(18)22-16(21-14)19-12-5-7-13(23)8-6-12/h1-8,23H,9,17H2,(H3,18,19,20,21,22). The molecule has 0 saturated heterocycles. The van der Waals surface area contributed by atoms with Crippen LogP contribution in [0.3, 0.4) is 0 Å². The molecule has 0 atom stereocenters. The Morgan fingerprint density at radius 2 is 1.61 bits per heavy atom. The third-order valence-electron chi connectivity index (χ3n) is 3.22. The zero-order chi connectivity index (χ0) is 16.2. The fourth-order valence-electron chi connectivity index (χ4n) is 2.04. The molecular formula is C16H16N6O. The van der Waals surface area contributed by atoms with Crippen molar-refractivity contribution in [3.05, 3.63) is 54.1 Å². The van der Waals surface area contributed by atoms with Crippen LogP contribution in [0.4, 0.5) is 17.6 Å². The minimum atomic E-state index is 0.124. The Hall–Kier alpha value is -3.19. The molecule has 7 nitrogen and oxygen atoms in total. The average Bonchev–Trinajstić information content (AvgIpc) is 2.56. The van der Waals surface area contributed by atoms with Gasteiger partial charge in [-0.3, -0.25) is 0 Å². The predicted octanol–water partition coefficient (Wildman–Crippen LogP) is 2.03. The number of phenols is 1. The van der Waals surface area contributed by atoms with E-state index >= 15 is 0 Å². The van der Waals surface area contributed by atoms with Crippen molar-refractivity contribution < 1.29 is 5.11 Å². The van der Waals surface area contributed by atoms with E-state index in [-0.39, 0.29) is 11.7 Å². The SMILES string of the molecule is NCc1ccc(-c2nc(N)nc(Nc3ccc(O)cc3)n2)cc1. The summed E-state index contributed by atoms with van der Waals surface area (Å²) in [6.07, 6.45) is 0. The molecule has 0 unspecified atom stereocenters. The molecule has 0 bridgehead atoms. The van der Waals surface area contributed by atoms with Gasteiger partial charge in [0.2, 0.25) is 11.9 Å². The summed E-state index contributed by atoms with van der Waals surface area (Å²) in [7, 11) is 0.